The molecule has 202 valence electrons. The number of esters is 1. The molecule has 0 spiro atoms. The predicted octanol–water partition coefficient (Wildman–Crippen LogP) is 3.71. The number of hydrogen-bond donors (Lipinski definition) is 2. The standard InChI is InChI=1S/C26H28N2O9S/c1-5-36-18-8-6-17(7-9-18)28-38(31,32)20-12-10-19(11-13-20)37-16-25(29)27-22-15-24(34-3)23(33-2)14-21(22)26(30)35-4/h6-15,28H,5,16H2,1-4H3,(H,27,29). The van der Waals surface area contributed by atoms with Crippen molar-refractivity contribution in [3.8, 4) is 23.0 Å². The van der Waals surface area contributed by atoms with E-state index in [1.165, 1.54) is 57.7 Å². The summed E-state index contributed by atoms with van der Waals surface area (Å²) in [4.78, 5) is 24.7. The molecule has 12 heteroatoms. The first-order chi connectivity index (χ1) is 18.2. The number of ether oxygens (including phenoxy) is 5. The topological polar surface area (TPSA) is 138 Å². The minimum Gasteiger partial charge on any atom is -0.494 e. The lowest BCUT2D eigenvalue weighted by molar-refractivity contribution is -0.118. The number of sulfonamides is 1. The number of anilines is 2. The summed E-state index contributed by atoms with van der Waals surface area (Å²) in [5.74, 6) is 0.226. The van der Waals surface area contributed by atoms with Crippen molar-refractivity contribution in [1.82, 2.24) is 0 Å². The normalized spacial score (nSPS) is 10.7. The van der Waals surface area contributed by atoms with Gasteiger partial charge < -0.3 is 29.0 Å². The second kappa shape index (κ2) is 12.7. The van der Waals surface area contributed by atoms with Crippen molar-refractivity contribution in [2.45, 2.75) is 11.8 Å². The van der Waals surface area contributed by atoms with Crippen molar-refractivity contribution in [3.63, 3.8) is 0 Å². The monoisotopic (exact) mass is 544 g/mol. The summed E-state index contributed by atoms with van der Waals surface area (Å²) in [7, 11) is 0.200. The van der Waals surface area contributed by atoms with E-state index >= 15 is 0 Å². The lowest BCUT2D eigenvalue weighted by Gasteiger charge is -2.15. The Labute approximate surface area is 220 Å². The van der Waals surface area contributed by atoms with Crippen LogP contribution in [0.5, 0.6) is 23.0 Å². The zero-order chi connectivity index (χ0) is 27.7. The van der Waals surface area contributed by atoms with Crippen LogP contribution in [0.4, 0.5) is 11.4 Å². The van der Waals surface area contributed by atoms with Gasteiger partial charge in [-0.15, -0.1) is 0 Å². The van der Waals surface area contributed by atoms with E-state index in [9.17, 15) is 18.0 Å². The van der Waals surface area contributed by atoms with Gasteiger partial charge in [-0.05, 0) is 55.5 Å². The number of amides is 1. The summed E-state index contributed by atoms with van der Waals surface area (Å²) in [6.07, 6.45) is 0. The molecule has 11 nitrogen and oxygen atoms in total. The van der Waals surface area contributed by atoms with Crippen LogP contribution in [0, 0.1) is 0 Å². The molecule has 0 aliphatic carbocycles. The maximum absolute atomic E-state index is 12.7. The molecule has 0 saturated heterocycles. The third kappa shape index (κ3) is 7.07. The highest BCUT2D eigenvalue weighted by Gasteiger charge is 2.20. The van der Waals surface area contributed by atoms with Gasteiger partial charge in [0.2, 0.25) is 0 Å². The molecule has 0 fully saturated rings. The molecule has 0 aliphatic heterocycles. The molecule has 3 aromatic carbocycles. The van der Waals surface area contributed by atoms with E-state index in [-0.39, 0.29) is 27.6 Å². The molecular formula is C26H28N2O9S. The molecule has 38 heavy (non-hydrogen) atoms. The zero-order valence-electron chi connectivity index (χ0n) is 21.3. The van der Waals surface area contributed by atoms with Gasteiger partial charge in [-0.1, -0.05) is 0 Å². The quantitative estimate of drug-likeness (QED) is 0.327. The van der Waals surface area contributed by atoms with Crippen molar-refractivity contribution < 1.29 is 41.7 Å². The fraction of sp³-hybridized carbons (Fsp3) is 0.231. The molecule has 0 bridgehead atoms. The van der Waals surface area contributed by atoms with Crippen LogP contribution in [0.25, 0.3) is 0 Å². The molecule has 0 saturated carbocycles. The largest absolute Gasteiger partial charge is 0.494 e. The Morgan fingerprint density at radius 1 is 0.816 bits per heavy atom. The Bertz CT molecular complexity index is 1370. The molecule has 1 amide bonds. The zero-order valence-corrected chi connectivity index (χ0v) is 22.1. The fourth-order valence-corrected chi connectivity index (χ4v) is 4.37. The summed E-state index contributed by atoms with van der Waals surface area (Å²) in [5.41, 5.74) is 0.588. The van der Waals surface area contributed by atoms with Crippen molar-refractivity contribution in [2.75, 3.05) is 44.6 Å². The predicted molar refractivity (Wildman–Crippen MR) is 140 cm³/mol. The number of carbonyl (C=O) groups is 2. The highest BCUT2D eigenvalue weighted by atomic mass is 32.2. The van der Waals surface area contributed by atoms with E-state index < -0.39 is 28.5 Å². The van der Waals surface area contributed by atoms with Crippen LogP contribution in [-0.2, 0) is 19.6 Å². The Hall–Kier alpha value is -4.45. The smallest absolute Gasteiger partial charge is 0.340 e. The first kappa shape index (κ1) is 28.1. The number of hydrogen-bond acceptors (Lipinski definition) is 9. The molecule has 0 aliphatic rings. The Balaban J connectivity index is 1.64. The van der Waals surface area contributed by atoms with Crippen molar-refractivity contribution >= 4 is 33.3 Å². The van der Waals surface area contributed by atoms with E-state index in [1.807, 2.05) is 6.92 Å². The number of carbonyl (C=O) groups excluding carboxylic acids is 2. The number of nitrogens with one attached hydrogen (secondary N) is 2. The maximum atomic E-state index is 12.7. The van der Waals surface area contributed by atoms with Crippen LogP contribution >= 0.6 is 0 Å². The van der Waals surface area contributed by atoms with Gasteiger partial charge in [-0.25, -0.2) is 13.2 Å². The third-order valence-corrected chi connectivity index (χ3v) is 6.52. The molecule has 0 atom stereocenters. The highest BCUT2D eigenvalue weighted by Crippen LogP contribution is 2.33. The van der Waals surface area contributed by atoms with Gasteiger partial charge in [0.1, 0.15) is 11.5 Å². The second-order valence-corrected chi connectivity index (χ2v) is 9.30. The lowest BCUT2D eigenvalue weighted by Crippen LogP contribution is -2.22. The summed E-state index contributed by atoms with van der Waals surface area (Å²) in [6, 6.07) is 14.9. The number of rotatable bonds is 12. The third-order valence-electron chi connectivity index (χ3n) is 5.12. The lowest BCUT2D eigenvalue weighted by atomic mass is 10.1. The molecular weight excluding hydrogens is 516 g/mol. The highest BCUT2D eigenvalue weighted by molar-refractivity contribution is 7.92. The molecule has 3 aromatic rings. The van der Waals surface area contributed by atoms with Crippen molar-refractivity contribution in [3.05, 3.63) is 66.2 Å². The molecule has 2 N–H and O–H groups in total. The van der Waals surface area contributed by atoms with E-state index in [1.54, 1.807) is 24.3 Å². The van der Waals surface area contributed by atoms with Crippen molar-refractivity contribution in [2.24, 2.45) is 0 Å². The second-order valence-electron chi connectivity index (χ2n) is 7.62. The van der Waals surface area contributed by atoms with Gasteiger partial charge in [-0.2, -0.15) is 0 Å². The van der Waals surface area contributed by atoms with E-state index in [4.69, 9.17) is 23.7 Å². The SMILES string of the molecule is CCOc1ccc(NS(=O)(=O)c2ccc(OCC(=O)Nc3cc(OC)c(OC)cc3C(=O)OC)cc2)cc1. The van der Waals surface area contributed by atoms with E-state index in [0.717, 1.165) is 0 Å². The minimum absolute atomic E-state index is 0.0104. The minimum atomic E-state index is -3.85. The average molecular weight is 545 g/mol. The van der Waals surface area contributed by atoms with Crippen LogP contribution in [0.2, 0.25) is 0 Å². The van der Waals surface area contributed by atoms with Gasteiger partial charge in [0.25, 0.3) is 15.9 Å². The van der Waals surface area contributed by atoms with E-state index in [2.05, 4.69) is 10.0 Å². The van der Waals surface area contributed by atoms with Crippen LogP contribution in [-0.4, -0.2) is 54.8 Å². The fourth-order valence-electron chi connectivity index (χ4n) is 3.31. The Morgan fingerprint density at radius 3 is 1.97 bits per heavy atom. The van der Waals surface area contributed by atoms with Gasteiger partial charge in [-0.3, -0.25) is 9.52 Å². The van der Waals surface area contributed by atoms with E-state index in [0.29, 0.717) is 23.8 Å². The van der Waals surface area contributed by atoms with Crippen molar-refractivity contribution in [1.29, 1.82) is 0 Å². The average Bonchev–Trinajstić information content (AvgIpc) is 2.92. The molecule has 0 aromatic heterocycles. The molecule has 0 unspecified atom stereocenters. The van der Waals surface area contributed by atoms with Crippen LogP contribution in [0.15, 0.2) is 65.6 Å². The first-order valence-electron chi connectivity index (χ1n) is 11.3. The summed E-state index contributed by atoms with van der Waals surface area (Å²) in [6.45, 7) is 1.95. The van der Waals surface area contributed by atoms with Crippen LogP contribution < -0.4 is 29.0 Å². The molecule has 0 heterocycles. The first-order valence-corrected chi connectivity index (χ1v) is 12.8. The van der Waals surface area contributed by atoms with Gasteiger partial charge in [0.05, 0.1) is 44.1 Å². The summed E-state index contributed by atoms with van der Waals surface area (Å²) >= 11 is 0. The summed E-state index contributed by atoms with van der Waals surface area (Å²) in [5, 5.41) is 2.58. The number of methoxy groups -OCH3 is 3. The van der Waals surface area contributed by atoms with Crippen LogP contribution in [0.1, 0.15) is 17.3 Å². The maximum Gasteiger partial charge on any atom is 0.340 e. The summed E-state index contributed by atoms with van der Waals surface area (Å²) < 4.78 is 53.9. The van der Waals surface area contributed by atoms with Gasteiger partial charge in [0.15, 0.2) is 18.1 Å². The Morgan fingerprint density at radius 2 is 1.39 bits per heavy atom. The van der Waals surface area contributed by atoms with Gasteiger partial charge in [0, 0.05) is 17.8 Å². The van der Waals surface area contributed by atoms with Crippen LogP contribution in [0.3, 0.4) is 0 Å². The Kier molecular flexibility index (Phi) is 9.39. The number of benzene rings is 3. The van der Waals surface area contributed by atoms with Gasteiger partial charge >= 0.3 is 5.97 Å². The molecule has 0 radical (unpaired) electrons. The molecule has 3 rings (SSSR count).